The molecule has 0 amide bonds. The van der Waals surface area contributed by atoms with E-state index in [0.717, 1.165) is 19.5 Å². The van der Waals surface area contributed by atoms with Crippen molar-refractivity contribution in [2.24, 2.45) is 5.41 Å². The first-order valence-electron chi connectivity index (χ1n) is 6.61. The highest BCUT2D eigenvalue weighted by Crippen LogP contribution is 2.20. The molecule has 1 unspecified atom stereocenters. The molecule has 96 valence electrons. The Labute approximate surface area is 100 Å². The quantitative estimate of drug-likeness (QED) is 0.714. The molecule has 1 atom stereocenters. The van der Waals surface area contributed by atoms with Crippen molar-refractivity contribution < 1.29 is 5.11 Å². The first kappa shape index (κ1) is 13.9. The Hall–Kier alpha value is -0.120. The molecule has 0 saturated carbocycles. The van der Waals surface area contributed by atoms with Crippen LogP contribution in [0.3, 0.4) is 0 Å². The second kappa shape index (κ2) is 6.58. The van der Waals surface area contributed by atoms with E-state index in [1.54, 1.807) is 0 Å². The second-order valence-corrected chi connectivity index (χ2v) is 5.61. The number of aliphatic hydroxyl groups excluding tert-OH is 1. The molecule has 0 aromatic carbocycles. The van der Waals surface area contributed by atoms with Crippen LogP contribution >= 0.6 is 0 Å². The van der Waals surface area contributed by atoms with Gasteiger partial charge in [0, 0.05) is 31.7 Å². The van der Waals surface area contributed by atoms with Crippen molar-refractivity contribution in [3.63, 3.8) is 0 Å². The molecule has 1 N–H and O–H groups in total. The summed E-state index contributed by atoms with van der Waals surface area (Å²) in [6.45, 7) is 10.5. The van der Waals surface area contributed by atoms with Gasteiger partial charge in [-0.3, -0.25) is 0 Å². The summed E-state index contributed by atoms with van der Waals surface area (Å²) in [5, 5.41) is 9.38. The molecule has 1 rings (SSSR count). The van der Waals surface area contributed by atoms with Gasteiger partial charge in [-0.05, 0) is 39.4 Å². The van der Waals surface area contributed by atoms with Crippen molar-refractivity contribution in [1.82, 2.24) is 9.80 Å². The lowest BCUT2D eigenvalue weighted by molar-refractivity contribution is 0.0917. The lowest BCUT2D eigenvalue weighted by Crippen LogP contribution is -2.39. The van der Waals surface area contributed by atoms with Gasteiger partial charge in [-0.2, -0.15) is 0 Å². The minimum atomic E-state index is 0.0692. The summed E-state index contributed by atoms with van der Waals surface area (Å²) in [4.78, 5) is 4.90. The SMILES string of the molecule is CCC(C)(CO)CN(C)CCN1CCCC1. The van der Waals surface area contributed by atoms with Crippen LogP contribution < -0.4 is 0 Å². The Kier molecular flexibility index (Phi) is 5.73. The minimum absolute atomic E-state index is 0.0692. The molecular formula is C13H28N2O. The number of likely N-dealkylation sites (N-methyl/N-ethyl adjacent to an activating group) is 1. The minimum Gasteiger partial charge on any atom is -0.396 e. The molecule has 3 nitrogen and oxygen atoms in total. The van der Waals surface area contributed by atoms with Crippen LogP contribution in [0, 0.1) is 5.41 Å². The topological polar surface area (TPSA) is 26.7 Å². The van der Waals surface area contributed by atoms with E-state index >= 15 is 0 Å². The summed E-state index contributed by atoms with van der Waals surface area (Å²) in [7, 11) is 2.17. The number of hydrogen-bond donors (Lipinski definition) is 1. The van der Waals surface area contributed by atoms with E-state index in [1.165, 1.54) is 32.5 Å². The maximum absolute atomic E-state index is 9.38. The summed E-state index contributed by atoms with van der Waals surface area (Å²) < 4.78 is 0. The first-order valence-corrected chi connectivity index (χ1v) is 6.61. The highest BCUT2D eigenvalue weighted by atomic mass is 16.3. The van der Waals surface area contributed by atoms with Crippen molar-refractivity contribution in [1.29, 1.82) is 0 Å². The zero-order chi connectivity index (χ0) is 12.0. The standard InChI is InChI=1S/C13H28N2O/c1-4-13(2,12-16)11-14(3)9-10-15-7-5-6-8-15/h16H,4-12H2,1-3H3. The van der Waals surface area contributed by atoms with Crippen LogP contribution in [0.1, 0.15) is 33.1 Å². The third-order valence-corrected chi connectivity index (χ3v) is 3.88. The molecule has 1 saturated heterocycles. The van der Waals surface area contributed by atoms with Crippen molar-refractivity contribution in [3.05, 3.63) is 0 Å². The monoisotopic (exact) mass is 228 g/mol. The number of hydrogen-bond acceptors (Lipinski definition) is 3. The molecule has 0 aliphatic carbocycles. The summed E-state index contributed by atoms with van der Waals surface area (Å²) in [5.41, 5.74) is 0.0692. The van der Waals surface area contributed by atoms with Crippen LogP contribution in [0.5, 0.6) is 0 Å². The third-order valence-electron chi connectivity index (χ3n) is 3.88. The molecular weight excluding hydrogens is 200 g/mol. The van der Waals surface area contributed by atoms with Crippen LogP contribution in [0.15, 0.2) is 0 Å². The van der Waals surface area contributed by atoms with E-state index < -0.39 is 0 Å². The van der Waals surface area contributed by atoms with Crippen LogP contribution in [0.2, 0.25) is 0 Å². The van der Waals surface area contributed by atoms with Crippen molar-refractivity contribution >= 4 is 0 Å². The second-order valence-electron chi connectivity index (χ2n) is 5.61. The zero-order valence-corrected chi connectivity index (χ0v) is 11.2. The zero-order valence-electron chi connectivity index (χ0n) is 11.2. The Balaban J connectivity index is 2.21. The highest BCUT2D eigenvalue weighted by molar-refractivity contribution is 4.76. The Bertz CT molecular complexity index is 186. The number of nitrogens with zero attached hydrogens (tertiary/aromatic N) is 2. The van der Waals surface area contributed by atoms with Gasteiger partial charge in [-0.15, -0.1) is 0 Å². The number of likely N-dealkylation sites (tertiary alicyclic amines) is 1. The third kappa shape index (κ3) is 4.40. The van der Waals surface area contributed by atoms with Crippen LogP contribution in [-0.2, 0) is 0 Å². The number of aliphatic hydroxyl groups is 1. The van der Waals surface area contributed by atoms with Gasteiger partial charge in [0.2, 0.25) is 0 Å². The first-order chi connectivity index (χ1) is 7.59. The van der Waals surface area contributed by atoms with Crippen LogP contribution in [0.25, 0.3) is 0 Å². The lowest BCUT2D eigenvalue weighted by atomic mass is 9.88. The van der Waals surface area contributed by atoms with Gasteiger partial charge < -0.3 is 14.9 Å². The van der Waals surface area contributed by atoms with E-state index in [2.05, 4.69) is 30.7 Å². The number of rotatable bonds is 7. The average Bonchev–Trinajstić information content (AvgIpc) is 2.79. The molecule has 1 fully saturated rings. The van der Waals surface area contributed by atoms with E-state index in [-0.39, 0.29) is 12.0 Å². The largest absolute Gasteiger partial charge is 0.396 e. The van der Waals surface area contributed by atoms with Gasteiger partial charge in [-0.1, -0.05) is 13.8 Å². The summed E-state index contributed by atoms with van der Waals surface area (Å²) >= 11 is 0. The van der Waals surface area contributed by atoms with Crippen molar-refractivity contribution in [2.75, 3.05) is 46.4 Å². The smallest absolute Gasteiger partial charge is 0.0496 e. The maximum atomic E-state index is 9.38. The normalized spacial score (nSPS) is 21.6. The molecule has 1 aliphatic heterocycles. The van der Waals surface area contributed by atoms with Crippen LogP contribution in [0.4, 0.5) is 0 Å². The summed E-state index contributed by atoms with van der Waals surface area (Å²) in [5.74, 6) is 0. The molecule has 16 heavy (non-hydrogen) atoms. The van der Waals surface area contributed by atoms with Crippen molar-refractivity contribution in [3.8, 4) is 0 Å². The average molecular weight is 228 g/mol. The highest BCUT2D eigenvalue weighted by Gasteiger charge is 2.23. The lowest BCUT2D eigenvalue weighted by Gasteiger charge is -2.32. The van der Waals surface area contributed by atoms with Crippen molar-refractivity contribution in [2.45, 2.75) is 33.1 Å². The predicted octanol–water partition coefficient (Wildman–Crippen LogP) is 1.42. The van der Waals surface area contributed by atoms with Gasteiger partial charge >= 0.3 is 0 Å². The Morgan fingerprint density at radius 3 is 2.44 bits per heavy atom. The fraction of sp³-hybridized carbons (Fsp3) is 1.00. The Morgan fingerprint density at radius 2 is 1.94 bits per heavy atom. The van der Waals surface area contributed by atoms with E-state index in [9.17, 15) is 5.11 Å². The van der Waals surface area contributed by atoms with Crippen LogP contribution in [-0.4, -0.2) is 61.3 Å². The van der Waals surface area contributed by atoms with Gasteiger partial charge in [0.25, 0.3) is 0 Å². The van der Waals surface area contributed by atoms with Gasteiger partial charge in [-0.25, -0.2) is 0 Å². The molecule has 0 aromatic rings. The van der Waals surface area contributed by atoms with Gasteiger partial charge in [0.1, 0.15) is 0 Å². The maximum Gasteiger partial charge on any atom is 0.0496 e. The summed E-state index contributed by atoms with van der Waals surface area (Å²) in [6.07, 6.45) is 3.78. The van der Waals surface area contributed by atoms with Gasteiger partial charge in [0.15, 0.2) is 0 Å². The van der Waals surface area contributed by atoms with E-state index in [1.807, 2.05) is 0 Å². The molecule has 3 heteroatoms. The fourth-order valence-corrected chi connectivity index (χ4v) is 2.32. The predicted molar refractivity (Wildman–Crippen MR) is 68.7 cm³/mol. The van der Waals surface area contributed by atoms with Gasteiger partial charge in [0.05, 0.1) is 0 Å². The molecule has 1 aliphatic rings. The summed E-state index contributed by atoms with van der Waals surface area (Å²) in [6, 6.07) is 0. The molecule has 0 spiro atoms. The van der Waals surface area contributed by atoms with E-state index in [4.69, 9.17) is 0 Å². The molecule has 0 bridgehead atoms. The fourth-order valence-electron chi connectivity index (χ4n) is 2.32. The Morgan fingerprint density at radius 1 is 1.31 bits per heavy atom. The molecule has 1 heterocycles. The molecule has 0 aromatic heterocycles. The molecule has 0 radical (unpaired) electrons. The van der Waals surface area contributed by atoms with E-state index in [0.29, 0.717) is 0 Å².